The molecular formula is C16H24N4O2. The van der Waals surface area contributed by atoms with Gasteiger partial charge in [-0.25, -0.2) is 9.97 Å². The van der Waals surface area contributed by atoms with Crippen LogP contribution in [0.25, 0.3) is 0 Å². The number of ether oxygens (including phenoxy) is 1. The molecule has 0 bridgehead atoms. The van der Waals surface area contributed by atoms with Crippen LogP contribution in [0.5, 0.6) is 5.88 Å². The maximum Gasteiger partial charge on any atom is 0.275 e. The van der Waals surface area contributed by atoms with Crippen LogP contribution < -0.4 is 15.4 Å². The molecule has 0 spiro atoms. The van der Waals surface area contributed by atoms with E-state index in [4.69, 9.17) is 4.74 Å². The predicted molar refractivity (Wildman–Crippen MR) is 84.1 cm³/mol. The van der Waals surface area contributed by atoms with Gasteiger partial charge in [0.2, 0.25) is 5.88 Å². The zero-order chi connectivity index (χ0) is 15.7. The smallest absolute Gasteiger partial charge is 0.275 e. The first-order chi connectivity index (χ1) is 10.5. The fraction of sp³-hybridized carbons (Fsp3) is 0.688. The molecule has 0 saturated heterocycles. The molecule has 6 nitrogen and oxygen atoms in total. The normalized spacial score (nSPS) is 22.6. The lowest BCUT2D eigenvalue weighted by atomic mass is 9.67. The highest BCUT2D eigenvalue weighted by atomic mass is 16.5. The molecule has 0 aromatic carbocycles. The molecule has 2 aliphatic rings. The van der Waals surface area contributed by atoms with Crippen molar-refractivity contribution in [2.75, 3.05) is 19.0 Å². The molecule has 1 amide bonds. The largest absolute Gasteiger partial charge is 0.479 e. The second-order valence-corrected chi connectivity index (χ2v) is 6.99. The number of carbonyl (C=O) groups is 1. The topological polar surface area (TPSA) is 76.1 Å². The van der Waals surface area contributed by atoms with Crippen molar-refractivity contribution in [3.05, 3.63) is 11.9 Å². The fourth-order valence-corrected chi connectivity index (χ4v) is 2.69. The average molecular weight is 304 g/mol. The Morgan fingerprint density at radius 3 is 2.73 bits per heavy atom. The number of nitrogens with one attached hydrogen (secondary N) is 2. The van der Waals surface area contributed by atoms with Gasteiger partial charge in [0.1, 0.15) is 5.82 Å². The second kappa shape index (κ2) is 5.74. The summed E-state index contributed by atoms with van der Waals surface area (Å²) in [4.78, 5) is 21.1. The van der Waals surface area contributed by atoms with Gasteiger partial charge in [-0.1, -0.05) is 13.8 Å². The van der Waals surface area contributed by atoms with Crippen LogP contribution in [0.2, 0.25) is 0 Å². The molecule has 1 heterocycles. The number of hydrogen-bond acceptors (Lipinski definition) is 5. The highest BCUT2D eigenvalue weighted by Crippen LogP contribution is 2.40. The lowest BCUT2D eigenvalue weighted by Gasteiger charge is -2.44. The van der Waals surface area contributed by atoms with E-state index in [0.717, 1.165) is 25.3 Å². The van der Waals surface area contributed by atoms with Crippen LogP contribution in [-0.4, -0.2) is 35.6 Å². The van der Waals surface area contributed by atoms with Gasteiger partial charge in [0.15, 0.2) is 5.69 Å². The Morgan fingerprint density at radius 1 is 1.41 bits per heavy atom. The molecule has 1 unspecified atom stereocenters. The minimum atomic E-state index is -0.211. The Morgan fingerprint density at radius 2 is 2.18 bits per heavy atom. The first-order valence-corrected chi connectivity index (χ1v) is 7.95. The van der Waals surface area contributed by atoms with Crippen molar-refractivity contribution in [1.82, 2.24) is 15.3 Å². The van der Waals surface area contributed by atoms with Gasteiger partial charge < -0.3 is 15.4 Å². The van der Waals surface area contributed by atoms with Crippen LogP contribution in [0.4, 0.5) is 5.82 Å². The van der Waals surface area contributed by atoms with Crippen LogP contribution in [-0.2, 0) is 0 Å². The monoisotopic (exact) mass is 304 g/mol. The first-order valence-electron chi connectivity index (χ1n) is 7.95. The van der Waals surface area contributed by atoms with E-state index in [1.165, 1.54) is 20.0 Å². The quantitative estimate of drug-likeness (QED) is 0.843. The van der Waals surface area contributed by atoms with E-state index in [1.807, 2.05) is 0 Å². The maximum atomic E-state index is 12.5. The number of anilines is 1. The van der Waals surface area contributed by atoms with Crippen LogP contribution >= 0.6 is 0 Å². The molecule has 120 valence electrons. The summed E-state index contributed by atoms with van der Waals surface area (Å²) in [6, 6.07) is 0.189. The molecule has 2 fully saturated rings. The van der Waals surface area contributed by atoms with Gasteiger partial charge in [-0.15, -0.1) is 0 Å². The van der Waals surface area contributed by atoms with Gasteiger partial charge >= 0.3 is 0 Å². The second-order valence-electron chi connectivity index (χ2n) is 6.99. The van der Waals surface area contributed by atoms with Crippen molar-refractivity contribution < 1.29 is 9.53 Å². The molecule has 3 rings (SSSR count). The lowest BCUT2D eigenvalue weighted by Crippen LogP contribution is -2.52. The number of aromatic nitrogens is 2. The molecule has 2 saturated carbocycles. The fourth-order valence-electron chi connectivity index (χ4n) is 2.69. The number of hydrogen-bond donors (Lipinski definition) is 2. The van der Waals surface area contributed by atoms with Gasteiger partial charge in [-0.05, 0) is 37.0 Å². The average Bonchev–Trinajstić information content (AvgIpc) is 3.33. The highest BCUT2D eigenvalue weighted by Gasteiger charge is 2.40. The number of methoxy groups -OCH3 is 1. The van der Waals surface area contributed by atoms with Gasteiger partial charge in [-0.3, -0.25) is 4.79 Å². The summed E-state index contributed by atoms with van der Waals surface area (Å²) in [5.41, 5.74) is 0.407. The van der Waals surface area contributed by atoms with E-state index in [2.05, 4.69) is 34.4 Å². The Bertz CT molecular complexity index is 569. The van der Waals surface area contributed by atoms with Gasteiger partial charge in [-0.2, -0.15) is 0 Å². The van der Waals surface area contributed by atoms with Crippen LogP contribution in [0, 0.1) is 11.3 Å². The summed E-state index contributed by atoms with van der Waals surface area (Å²) < 4.78 is 5.18. The number of carbonyl (C=O) groups excluding carboxylic acids is 1. The summed E-state index contributed by atoms with van der Waals surface area (Å²) >= 11 is 0. The molecule has 1 atom stereocenters. The standard InChI is InChI=1S/C16H24N4O2/c1-16(2)7-6-11(16)19-14(21)13-15(22-3)18-9-12(20-13)17-8-10-4-5-10/h9-11H,4-8H2,1-3H3,(H,17,20)(H,19,21). The lowest BCUT2D eigenvalue weighted by molar-refractivity contribution is 0.0724. The van der Waals surface area contributed by atoms with E-state index < -0.39 is 0 Å². The van der Waals surface area contributed by atoms with Crippen molar-refractivity contribution in [2.45, 2.75) is 45.6 Å². The molecular weight excluding hydrogens is 280 g/mol. The van der Waals surface area contributed by atoms with Crippen molar-refractivity contribution in [3.63, 3.8) is 0 Å². The van der Waals surface area contributed by atoms with Crippen LogP contribution in [0.15, 0.2) is 6.20 Å². The van der Waals surface area contributed by atoms with E-state index in [1.54, 1.807) is 6.20 Å². The summed E-state index contributed by atoms with van der Waals surface area (Å²) in [7, 11) is 1.51. The Hall–Kier alpha value is -1.85. The molecule has 0 aliphatic heterocycles. The van der Waals surface area contributed by atoms with E-state index >= 15 is 0 Å². The Labute approximate surface area is 131 Å². The summed E-state index contributed by atoms with van der Waals surface area (Å²) in [5, 5.41) is 6.29. The van der Waals surface area contributed by atoms with Crippen LogP contribution in [0.3, 0.4) is 0 Å². The van der Waals surface area contributed by atoms with E-state index in [0.29, 0.717) is 5.82 Å². The summed E-state index contributed by atoms with van der Waals surface area (Å²) in [6.07, 6.45) is 6.28. The molecule has 0 radical (unpaired) electrons. The first kappa shape index (κ1) is 15.1. The molecule has 2 N–H and O–H groups in total. The third kappa shape index (κ3) is 3.15. The SMILES string of the molecule is COc1ncc(NCC2CC2)nc1C(=O)NC1CCC1(C)C. The summed E-state index contributed by atoms with van der Waals surface area (Å²) in [5.74, 6) is 1.42. The highest BCUT2D eigenvalue weighted by molar-refractivity contribution is 5.95. The van der Waals surface area contributed by atoms with Crippen molar-refractivity contribution in [2.24, 2.45) is 11.3 Å². The van der Waals surface area contributed by atoms with Gasteiger partial charge in [0.25, 0.3) is 5.91 Å². The minimum Gasteiger partial charge on any atom is -0.479 e. The third-order valence-corrected chi connectivity index (χ3v) is 4.74. The molecule has 1 aromatic rings. The number of amides is 1. The van der Waals surface area contributed by atoms with Gasteiger partial charge in [0.05, 0.1) is 13.3 Å². The van der Waals surface area contributed by atoms with Crippen molar-refractivity contribution in [3.8, 4) is 5.88 Å². The van der Waals surface area contributed by atoms with Gasteiger partial charge in [0, 0.05) is 12.6 Å². The van der Waals surface area contributed by atoms with Crippen molar-refractivity contribution >= 4 is 11.7 Å². The third-order valence-electron chi connectivity index (χ3n) is 4.74. The molecule has 22 heavy (non-hydrogen) atoms. The Kier molecular flexibility index (Phi) is 3.93. The van der Waals surface area contributed by atoms with E-state index in [9.17, 15) is 4.79 Å². The molecule has 6 heteroatoms. The number of nitrogens with zero attached hydrogens (tertiary/aromatic N) is 2. The van der Waals surface area contributed by atoms with Crippen molar-refractivity contribution in [1.29, 1.82) is 0 Å². The van der Waals surface area contributed by atoms with E-state index in [-0.39, 0.29) is 28.9 Å². The predicted octanol–water partition coefficient (Wildman–Crippen LogP) is 2.23. The zero-order valence-electron chi connectivity index (χ0n) is 13.5. The minimum absolute atomic E-state index is 0.151. The zero-order valence-corrected chi connectivity index (χ0v) is 13.5. The Balaban J connectivity index is 1.71. The molecule has 1 aromatic heterocycles. The molecule has 2 aliphatic carbocycles. The number of rotatable bonds is 6. The van der Waals surface area contributed by atoms with Crippen LogP contribution in [0.1, 0.15) is 50.0 Å². The summed E-state index contributed by atoms with van der Waals surface area (Å²) in [6.45, 7) is 5.22. The maximum absolute atomic E-state index is 12.5.